The Morgan fingerprint density at radius 3 is 2.74 bits per heavy atom. The molecule has 4 aliphatic rings. The van der Waals surface area contributed by atoms with Gasteiger partial charge in [0.2, 0.25) is 5.91 Å². The van der Waals surface area contributed by atoms with Crippen molar-refractivity contribution in [3.05, 3.63) is 58.6 Å². The summed E-state index contributed by atoms with van der Waals surface area (Å²) in [5.41, 5.74) is 2.44. The van der Waals surface area contributed by atoms with E-state index in [-0.39, 0.29) is 29.7 Å². The van der Waals surface area contributed by atoms with Crippen LogP contribution in [0.2, 0.25) is 5.02 Å². The number of para-hydroxylation sites is 1. The monoisotopic (exact) mass is 565 g/mol. The van der Waals surface area contributed by atoms with Gasteiger partial charge in [-0.05, 0) is 68.6 Å². The number of nitrogens with zero attached hydrogens (tertiary/aromatic N) is 3. The lowest BCUT2D eigenvalue weighted by molar-refractivity contribution is -0.129. The van der Waals surface area contributed by atoms with E-state index in [4.69, 9.17) is 16.6 Å². The number of benzene rings is 2. The molecule has 4 saturated heterocycles. The second-order valence-corrected chi connectivity index (χ2v) is 13.1. The topological polar surface area (TPSA) is 84.6 Å². The van der Waals surface area contributed by atoms with E-state index in [9.17, 15) is 4.79 Å². The predicted molar refractivity (Wildman–Crippen MR) is 157 cm³/mol. The minimum absolute atomic E-state index is 0.0502. The lowest BCUT2D eigenvalue weighted by Gasteiger charge is -2.43. The number of aromatic nitrogens is 1. The SMILES string of the molecule is O=C1NC(N2CCC3(CCN(c4ccc(Cl)cc4)C3)C2)NC(N[C@@H]2CCCNC2)C1c1nc2ccccc2s1. The second-order valence-electron chi connectivity index (χ2n) is 11.6. The van der Waals surface area contributed by atoms with Crippen LogP contribution in [0.4, 0.5) is 5.69 Å². The molecule has 39 heavy (non-hydrogen) atoms. The molecule has 1 amide bonds. The van der Waals surface area contributed by atoms with Gasteiger partial charge in [-0.2, -0.15) is 0 Å². The molecule has 5 heterocycles. The van der Waals surface area contributed by atoms with Crippen molar-refractivity contribution in [2.75, 3.05) is 44.2 Å². The normalized spacial score (nSPS) is 31.8. The number of likely N-dealkylation sites (tertiary alicyclic amines) is 1. The molecule has 206 valence electrons. The maximum atomic E-state index is 13.8. The number of thiazole rings is 1. The average Bonchev–Trinajstić information content (AvgIpc) is 3.68. The van der Waals surface area contributed by atoms with Gasteiger partial charge < -0.3 is 15.5 Å². The van der Waals surface area contributed by atoms with Crippen LogP contribution in [-0.2, 0) is 4.79 Å². The first-order valence-electron chi connectivity index (χ1n) is 14.2. The summed E-state index contributed by atoms with van der Waals surface area (Å²) in [4.78, 5) is 23.6. The average molecular weight is 566 g/mol. The zero-order valence-corrected chi connectivity index (χ0v) is 23.6. The Bertz CT molecular complexity index is 1300. The molecule has 4 N–H and O–H groups in total. The van der Waals surface area contributed by atoms with Crippen LogP contribution in [0.1, 0.15) is 36.6 Å². The van der Waals surface area contributed by atoms with Crippen LogP contribution in [0.15, 0.2) is 48.5 Å². The van der Waals surface area contributed by atoms with Gasteiger partial charge in [0.1, 0.15) is 17.2 Å². The van der Waals surface area contributed by atoms with Crippen LogP contribution >= 0.6 is 22.9 Å². The van der Waals surface area contributed by atoms with Crippen molar-refractivity contribution in [2.24, 2.45) is 5.41 Å². The van der Waals surface area contributed by atoms with Crippen molar-refractivity contribution in [3.63, 3.8) is 0 Å². The summed E-state index contributed by atoms with van der Waals surface area (Å²) < 4.78 is 1.12. The highest BCUT2D eigenvalue weighted by Crippen LogP contribution is 2.42. The van der Waals surface area contributed by atoms with E-state index in [1.165, 1.54) is 5.69 Å². The van der Waals surface area contributed by atoms with Gasteiger partial charge in [0.05, 0.1) is 16.4 Å². The number of fused-ring (bicyclic) bond motifs is 1. The summed E-state index contributed by atoms with van der Waals surface area (Å²) in [6, 6.07) is 16.7. The zero-order chi connectivity index (χ0) is 26.4. The van der Waals surface area contributed by atoms with E-state index in [1.54, 1.807) is 11.3 Å². The number of piperidine rings is 1. The number of halogens is 1. The fraction of sp³-hybridized carbons (Fsp3) is 0.517. The minimum atomic E-state index is -0.371. The fourth-order valence-corrected chi connectivity index (χ4v) is 8.11. The lowest BCUT2D eigenvalue weighted by Crippen LogP contribution is -2.70. The Balaban J connectivity index is 1.08. The van der Waals surface area contributed by atoms with Gasteiger partial charge in [-0.1, -0.05) is 23.7 Å². The Morgan fingerprint density at radius 1 is 1.08 bits per heavy atom. The predicted octanol–water partition coefficient (Wildman–Crippen LogP) is 3.31. The van der Waals surface area contributed by atoms with Crippen LogP contribution in [0.5, 0.6) is 0 Å². The van der Waals surface area contributed by atoms with Crippen molar-refractivity contribution in [3.8, 4) is 0 Å². The number of hydrogen-bond donors (Lipinski definition) is 4. The van der Waals surface area contributed by atoms with E-state index in [1.807, 2.05) is 30.3 Å². The summed E-state index contributed by atoms with van der Waals surface area (Å²) in [5, 5.41) is 16.1. The van der Waals surface area contributed by atoms with Crippen molar-refractivity contribution >= 4 is 44.7 Å². The first-order chi connectivity index (χ1) is 19.1. The highest BCUT2D eigenvalue weighted by Gasteiger charge is 2.48. The number of amides is 1. The molecule has 0 bridgehead atoms. The number of hydrogen-bond acceptors (Lipinski definition) is 8. The first kappa shape index (κ1) is 25.7. The molecule has 5 atom stereocenters. The standard InChI is InChI=1S/C29H36ClN7OS/c30-19-7-9-21(10-8-19)36-14-11-29(17-36)12-15-37(18-29)28-34-25(32-20-4-3-13-31-16-20)24(26(38)35-28)27-33-22-5-1-2-6-23(22)39-27/h1-2,5-10,20,24-25,28,31-32,34H,3-4,11-18H2,(H,35,38)/t20-,24?,25?,28?,29?/m1/s1. The number of nitrogens with one attached hydrogen (secondary N) is 4. The van der Waals surface area contributed by atoms with Crippen molar-refractivity contribution in [2.45, 2.75) is 50.1 Å². The first-order valence-corrected chi connectivity index (χ1v) is 15.4. The molecule has 0 saturated carbocycles. The van der Waals surface area contributed by atoms with E-state index in [0.717, 1.165) is 85.2 Å². The van der Waals surface area contributed by atoms with Crippen LogP contribution in [0.3, 0.4) is 0 Å². The van der Waals surface area contributed by atoms with Gasteiger partial charge >= 0.3 is 0 Å². The van der Waals surface area contributed by atoms with E-state index >= 15 is 0 Å². The molecule has 4 fully saturated rings. The van der Waals surface area contributed by atoms with Gasteiger partial charge in [-0.3, -0.25) is 20.3 Å². The zero-order valence-electron chi connectivity index (χ0n) is 22.0. The van der Waals surface area contributed by atoms with Crippen molar-refractivity contribution < 1.29 is 4.79 Å². The van der Waals surface area contributed by atoms with Crippen molar-refractivity contribution in [1.29, 1.82) is 0 Å². The molecule has 0 radical (unpaired) electrons. The van der Waals surface area contributed by atoms with E-state index in [2.05, 4.69) is 49.3 Å². The smallest absolute Gasteiger partial charge is 0.235 e. The Labute approximate surface area is 238 Å². The van der Waals surface area contributed by atoms with Gasteiger partial charge in [0.15, 0.2) is 0 Å². The Kier molecular flexibility index (Phi) is 6.99. The summed E-state index contributed by atoms with van der Waals surface area (Å²) in [6.45, 7) is 6.01. The number of rotatable bonds is 5. The molecule has 10 heteroatoms. The molecule has 7 rings (SSSR count). The summed E-state index contributed by atoms with van der Waals surface area (Å²) in [7, 11) is 0. The molecule has 4 unspecified atom stereocenters. The van der Waals surface area contributed by atoms with Gasteiger partial charge in [-0.25, -0.2) is 4.98 Å². The second kappa shape index (κ2) is 10.6. The van der Waals surface area contributed by atoms with Crippen molar-refractivity contribution in [1.82, 2.24) is 31.2 Å². The molecule has 0 aliphatic carbocycles. The fourth-order valence-electron chi connectivity index (χ4n) is 6.88. The lowest BCUT2D eigenvalue weighted by atomic mass is 9.86. The van der Waals surface area contributed by atoms with Crippen LogP contribution in [-0.4, -0.2) is 73.6 Å². The van der Waals surface area contributed by atoms with Gasteiger partial charge in [0, 0.05) is 54.9 Å². The highest BCUT2D eigenvalue weighted by molar-refractivity contribution is 7.18. The number of carbonyl (C=O) groups is 1. The Morgan fingerprint density at radius 2 is 1.92 bits per heavy atom. The van der Waals surface area contributed by atoms with E-state index < -0.39 is 0 Å². The highest BCUT2D eigenvalue weighted by atomic mass is 35.5. The van der Waals surface area contributed by atoms with E-state index in [0.29, 0.717) is 6.04 Å². The number of anilines is 1. The maximum absolute atomic E-state index is 13.8. The Hall–Kier alpha value is -2.27. The summed E-state index contributed by atoms with van der Waals surface area (Å²) >= 11 is 7.75. The van der Waals surface area contributed by atoms with Crippen LogP contribution < -0.4 is 26.2 Å². The third-order valence-electron chi connectivity index (χ3n) is 8.98. The quantitative estimate of drug-likeness (QED) is 0.378. The maximum Gasteiger partial charge on any atom is 0.235 e. The molecule has 1 aromatic heterocycles. The molecule has 4 aliphatic heterocycles. The summed E-state index contributed by atoms with van der Waals surface area (Å²) in [6.07, 6.45) is 4.18. The number of carbonyl (C=O) groups excluding carboxylic acids is 1. The van der Waals surface area contributed by atoms with Gasteiger partial charge in [-0.15, -0.1) is 11.3 Å². The third kappa shape index (κ3) is 5.16. The molecular formula is C29H36ClN7OS. The molecule has 8 nitrogen and oxygen atoms in total. The van der Waals surface area contributed by atoms with Crippen LogP contribution in [0.25, 0.3) is 10.2 Å². The minimum Gasteiger partial charge on any atom is -0.371 e. The molecule has 2 aromatic carbocycles. The summed E-state index contributed by atoms with van der Waals surface area (Å²) in [5.74, 6) is -0.321. The molecule has 1 spiro atoms. The van der Waals surface area contributed by atoms with Crippen LogP contribution in [0, 0.1) is 5.41 Å². The third-order valence-corrected chi connectivity index (χ3v) is 10.4. The largest absolute Gasteiger partial charge is 0.371 e. The van der Waals surface area contributed by atoms with Gasteiger partial charge in [0.25, 0.3) is 0 Å². The molecular weight excluding hydrogens is 530 g/mol. The molecule has 3 aromatic rings.